The first kappa shape index (κ1) is 7.53. The van der Waals surface area contributed by atoms with Crippen LogP contribution in [0.1, 0.15) is 19.3 Å². The Kier molecular flexibility index (Phi) is 2.11. The summed E-state index contributed by atoms with van der Waals surface area (Å²) in [5, 5.41) is 6.99. The van der Waals surface area contributed by atoms with E-state index >= 15 is 0 Å². The van der Waals surface area contributed by atoms with E-state index in [9.17, 15) is 0 Å². The SMILES string of the molecule is NC1CCCC2NCCNC12. The molecule has 4 N–H and O–H groups in total. The van der Waals surface area contributed by atoms with E-state index < -0.39 is 0 Å². The number of rotatable bonds is 0. The Morgan fingerprint density at radius 3 is 2.73 bits per heavy atom. The fourth-order valence-electron chi connectivity index (χ4n) is 2.25. The van der Waals surface area contributed by atoms with E-state index in [1.165, 1.54) is 19.3 Å². The third kappa shape index (κ3) is 1.41. The van der Waals surface area contributed by atoms with Crippen LogP contribution in [-0.2, 0) is 0 Å². The molecule has 0 spiro atoms. The van der Waals surface area contributed by atoms with Gasteiger partial charge in [-0.2, -0.15) is 0 Å². The lowest BCUT2D eigenvalue weighted by Gasteiger charge is -2.40. The molecule has 2 fully saturated rings. The highest BCUT2D eigenvalue weighted by Gasteiger charge is 2.32. The van der Waals surface area contributed by atoms with E-state index in [4.69, 9.17) is 5.73 Å². The molecule has 1 aliphatic carbocycles. The Hall–Kier alpha value is -0.120. The molecule has 3 atom stereocenters. The molecule has 0 aromatic carbocycles. The maximum absolute atomic E-state index is 5.99. The zero-order valence-electron chi connectivity index (χ0n) is 6.84. The third-order valence-corrected chi connectivity index (χ3v) is 2.86. The third-order valence-electron chi connectivity index (χ3n) is 2.86. The summed E-state index contributed by atoms with van der Waals surface area (Å²) in [6, 6.07) is 1.56. The van der Waals surface area contributed by atoms with Gasteiger partial charge in [-0.05, 0) is 12.8 Å². The van der Waals surface area contributed by atoms with Crippen molar-refractivity contribution in [3.63, 3.8) is 0 Å². The van der Waals surface area contributed by atoms with Gasteiger partial charge < -0.3 is 16.4 Å². The molecule has 64 valence electrons. The van der Waals surface area contributed by atoms with Crippen LogP contribution < -0.4 is 16.4 Å². The average molecular weight is 155 g/mol. The van der Waals surface area contributed by atoms with E-state index in [1.807, 2.05) is 0 Å². The van der Waals surface area contributed by atoms with Gasteiger partial charge in [-0.1, -0.05) is 6.42 Å². The summed E-state index contributed by atoms with van der Waals surface area (Å²) in [6.45, 7) is 2.18. The van der Waals surface area contributed by atoms with E-state index in [-0.39, 0.29) is 0 Å². The number of nitrogens with two attached hydrogens (primary N) is 1. The molecular weight excluding hydrogens is 138 g/mol. The first-order valence-electron chi connectivity index (χ1n) is 4.60. The van der Waals surface area contributed by atoms with E-state index in [0.717, 1.165) is 13.1 Å². The van der Waals surface area contributed by atoms with Gasteiger partial charge in [0.25, 0.3) is 0 Å². The quantitative estimate of drug-likeness (QED) is 0.439. The lowest BCUT2D eigenvalue weighted by atomic mass is 9.85. The standard InChI is InChI=1S/C8H17N3/c9-6-2-1-3-7-8(6)11-5-4-10-7/h6-8,10-11H,1-5,9H2. The molecule has 3 heteroatoms. The molecule has 1 saturated carbocycles. The highest BCUT2D eigenvalue weighted by molar-refractivity contribution is 4.96. The van der Waals surface area contributed by atoms with Crippen LogP contribution in [0.2, 0.25) is 0 Å². The first-order chi connectivity index (χ1) is 5.38. The lowest BCUT2D eigenvalue weighted by Crippen LogP contribution is -2.64. The second-order valence-electron chi connectivity index (χ2n) is 3.64. The summed E-state index contributed by atoms with van der Waals surface area (Å²) in [5.74, 6) is 0. The van der Waals surface area contributed by atoms with Crippen molar-refractivity contribution in [2.24, 2.45) is 5.73 Å². The average Bonchev–Trinajstić information content (AvgIpc) is 2.06. The van der Waals surface area contributed by atoms with Gasteiger partial charge in [-0.3, -0.25) is 0 Å². The monoisotopic (exact) mass is 155 g/mol. The van der Waals surface area contributed by atoms with Crippen molar-refractivity contribution in [1.82, 2.24) is 10.6 Å². The Morgan fingerprint density at radius 1 is 1.09 bits per heavy atom. The number of hydrogen-bond donors (Lipinski definition) is 3. The minimum Gasteiger partial charge on any atom is -0.326 e. The van der Waals surface area contributed by atoms with Crippen LogP contribution in [-0.4, -0.2) is 31.2 Å². The van der Waals surface area contributed by atoms with Crippen LogP contribution in [0.3, 0.4) is 0 Å². The topological polar surface area (TPSA) is 50.1 Å². The van der Waals surface area contributed by atoms with Crippen molar-refractivity contribution in [3.05, 3.63) is 0 Å². The molecule has 0 radical (unpaired) electrons. The molecule has 3 nitrogen and oxygen atoms in total. The van der Waals surface area contributed by atoms with Crippen molar-refractivity contribution in [2.75, 3.05) is 13.1 Å². The van der Waals surface area contributed by atoms with Gasteiger partial charge in [-0.25, -0.2) is 0 Å². The zero-order chi connectivity index (χ0) is 7.68. The molecule has 2 aliphatic rings. The minimum atomic E-state index is 0.376. The van der Waals surface area contributed by atoms with Gasteiger partial charge in [0.15, 0.2) is 0 Å². The Morgan fingerprint density at radius 2 is 1.91 bits per heavy atom. The summed E-state index contributed by atoms with van der Waals surface area (Å²) in [6.07, 6.45) is 3.78. The van der Waals surface area contributed by atoms with Gasteiger partial charge in [0.2, 0.25) is 0 Å². The van der Waals surface area contributed by atoms with Gasteiger partial charge in [0, 0.05) is 31.2 Å². The summed E-state index contributed by atoms with van der Waals surface area (Å²) in [7, 11) is 0. The zero-order valence-corrected chi connectivity index (χ0v) is 6.84. The van der Waals surface area contributed by atoms with Crippen molar-refractivity contribution < 1.29 is 0 Å². The number of piperazine rings is 1. The first-order valence-corrected chi connectivity index (χ1v) is 4.60. The fourth-order valence-corrected chi connectivity index (χ4v) is 2.25. The Labute approximate surface area is 67.7 Å². The molecule has 11 heavy (non-hydrogen) atoms. The summed E-state index contributed by atoms with van der Waals surface area (Å²) in [5.41, 5.74) is 5.99. The van der Waals surface area contributed by atoms with E-state index in [2.05, 4.69) is 10.6 Å². The van der Waals surface area contributed by atoms with E-state index in [0.29, 0.717) is 18.1 Å². The van der Waals surface area contributed by atoms with Crippen LogP contribution in [0, 0.1) is 0 Å². The molecule has 1 saturated heterocycles. The number of nitrogens with one attached hydrogen (secondary N) is 2. The molecule has 0 amide bonds. The van der Waals surface area contributed by atoms with Crippen molar-refractivity contribution in [2.45, 2.75) is 37.4 Å². The smallest absolute Gasteiger partial charge is 0.0373 e. The Balaban J connectivity index is 1.99. The highest BCUT2D eigenvalue weighted by Crippen LogP contribution is 2.18. The largest absolute Gasteiger partial charge is 0.326 e. The van der Waals surface area contributed by atoms with E-state index in [1.54, 1.807) is 0 Å². The second-order valence-corrected chi connectivity index (χ2v) is 3.64. The van der Waals surface area contributed by atoms with Crippen LogP contribution >= 0.6 is 0 Å². The molecule has 3 unspecified atom stereocenters. The number of hydrogen-bond acceptors (Lipinski definition) is 3. The van der Waals surface area contributed by atoms with Gasteiger partial charge in [-0.15, -0.1) is 0 Å². The van der Waals surface area contributed by atoms with Crippen molar-refractivity contribution in [1.29, 1.82) is 0 Å². The van der Waals surface area contributed by atoms with Crippen LogP contribution in [0.4, 0.5) is 0 Å². The number of fused-ring (bicyclic) bond motifs is 1. The fraction of sp³-hybridized carbons (Fsp3) is 1.00. The molecule has 2 rings (SSSR count). The predicted octanol–water partition coefficient (Wildman–Crippen LogP) is -0.572. The lowest BCUT2D eigenvalue weighted by molar-refractivity contribution is 0.224. The van der Waals surface area contributed by atoms with Crippen molar-refractivity contribution in [3.8, 4) is 0 Å². The summed E-state index contributed by atoms with van der Waals surface area (Å²) >= 11 is 0. The predicted molar refractivity (Wildman–Crippen MR) is 45.4 cm³/mol. The molecule has 0 bridgehead atoms. The van der Waals surface area contributed by atoms with Crippen molar-refractivity contribution >= 4 is 0 Å². The molecule has 1 aliphatic heterocycles. The highest BCUT2D eigenvalue weighted by atomic mass is 15.1. The molecular formula is C8H17N3. The van der Waals surface area contributed by atoms with Gasteiger partial charge in [0.05, 0.1) is 0 Å². The summed E-state index contributed by atoms with van der Waals surface area (Å²) in [4.78, 5) is 0. The van der Waals surface area contributed by atoms with Crippen LogP contribution in [0.25, 0.3) is 0 Å². The molecule has 0 aromatic rings. The molecule has 1 heterocycles. The maximum Gasteiger partial charge on any atom is 0.0373 e. The van der Waals surface area contributed by atoms with Crippen LogP contribution in [0.5, 0.6) is 0 Å². The van der Waals surface area contributed by atoms with Crippen LogP contribution in [0.15, 0.2) is 0 Å². The molecule has 0 aromatic heterocycles. The summed E-state index contributed by atoms with van der Waals surface area (Å²) < 4.78 is 0. The second kappa shape index (κ2) is 3.09. The van der Waals surface area contributed by atoms with Gasteiger partial charge in [0.1, 0.15) is 0 Å². The maximum atomic E-state index is 5.99. The van der Waals surface area contributed by atoms with Gasteiger partial charge >= 0.3 is 0 Å². The minimum absolute atomic E-state index is 0.376. The normalized spacial score (nSPS) is 45.0. The Bertz CT molecular complexity index is 135.